The minimum Gasteiger partial charge on any atom is -0.497 e. The van der Waals surface area contributed by atoms with E-state index in [0.717, 1.165) is 17.8 Å². The molecule has 0 radical (unpaired) electrons. The molecule has 1 aliphatic rings. The van der Waals surface area contributed by atoms with Gasteiger partial charge in [-0.1, -0.05) is 11.3 Å². The Balaban J connectivity index is 1.28. The SMILES string of the molecule is COC(=O)c1ccc(NC(=O)N2CCC(c3nnc(C(=O)Nc4ccc(OC)cc4)s3)CC2)cc1. The van der Waals surface area contributed by atoms with Crippen molar-refractivity contribution in [2.24, 2.45) is 0 Å². The van der Waals surface area contributed by atoms with E-state index in [4.69, 9.17) is 4.74 Å². The summed E-state index contributed by atoms with van der Waals surface area (Å²) in [4.78, 5) is 38.4. The van der Waals surface area contributed by atoms with Crippen LogP contribution in [-0.4, -0.2) is 60.3 Å². The van der Waals surface area contributed by atoms with Crippen LogP contribution < -0.4 is 15.4 Å². The third kappa shape index (κ3) is 5.93. The van der Waals surface area contributed by atoms with E-state index >= 15 is 0 Å². The van der Waals surface area contributed by atoms with Gasteiger partial charge in [0.25, 0.3) is 5.91 Å². The second kappa shape index (κ2) is 11.0. The van der Waals surface area contributed by atoms with Gasteiger partial charge in [0.05, 0.1) is 19.8 Å². The highest BCUT2D eigenvalue weighted by molar-refractivity contribution is 7.13. The molecular weight excluding hydrogens is 470 g/mol. The van der Waals surface area contributed by atoms with Crippen molar-refractivity contribution in [3.8, 4) is 5.75 Å². The van der Waals surface area contributed by atoms with Crippen molar-refractivity contribution in [3.05, 3.63) is 64.1 Å². The van der Waals surface area contributed by atoms with Crippen molar-refractivity contribution in [2.45, 2.75) is 18.8 Å². The number of likely N-dealkylation sites (tertiary alicyclic amines) is 1. The Morgan fingerprint density at radius 3 is 2.17 bits per heavy atom. The van der Waals surface area contributed by atoms with Crippen molar-refractivity contribution in [3.63, 3.8) is 0 Å². The van der Waals surface area contributed by atoms with E-state index in [2.05, 4.69) is 25.6 Å². The number of nitrogens with zero attached hydrogens (tertiary/aromatic N) is 3. The molecule has 1 fully saturated rings. The number of aromatic nitrogens is 2. The van der Waals surface area contributed by atoms with Crippen LogP contribution in [-0.2, 0) is 4.74 Å². The summed E-state index contributed by atoms with van der Waals surface area (Å²) in [5.74, 6) is 0.105. The van der Waals surface area contributed by atoms with E-state index in [0.29, 0.717) is 40.8 Å². The minimum atomic E-state index is -0.428. The molecule has 0 atom stereocenters. The molecule has 2 heterocycles. The fraction of sp³-hybridized carbons (Fsp3) is 0.292. The van der Waals surface area contributed by atoms with Crippen LogP contribution in [0.15, 0.2) is 48.5 Å². The number of hydrogen-bond donors (Lipinski definition) is 2. The summed E-state index contributed by atoms with van der Waals surface area (Å²) in [6, 6.07) is 13.4. The van der Waals surface area contributed by atoms with Gasteiger partial charge in [-0.2, -0.15) is 0 Å². The summed E-state index contributed by atoms with van der Waals surface area (Å²) in [6.07, 6.45) is 1.45. The molecule has 1 aromatic heterocycles. The quantitative estimate of drug-likeness (QED) is 0.496. The molecule has 4 rings (SSSR count). The van der Waals surface area contributed by atoms with Crippen molar-refractivity contribution in [2.75, 3.05) is 37.9 Å². The molecular formula is C24H25N5O5S. The van der Waals surface area contributed by atoms with Gasteiger partial charge in [0.15, 0.2) is 0 Å². The van der Waals surface area contributed by atoms with E-state index < -0.39 is 5.97 Å². The van der Waals surface area contributed by atoms with Gasteiger partial charge in [-0.05, 0) is 61.4 Å². The molecule has 1 aliphatic heterocycles. The maximum absolute atomic E-state index is 12.6. The predicted octanol–water partition coefficient (Wildman–Crippen LogP) is 4.00. The number of ether oxygens (including phenoxy) is 2. The van der Waals surface area contributed by atoms with Gasteiger partial charge in [-0.3, -0.25) is 4.79 Å². The summed E-state index contributed by atoms with van der Waals surface area (Å²) >= 11 is 1.28. The summed E-state index contributed by atoms with van der Waals surface area (Å²) in [5.41, 5.74) is 1.66. The zero-order valence-corrected chi connectivity index (χ0v) is 20.1. The zero-order valence-electron chi connectivity index (χ0n) is 19.3. The normalized spacial score (nSPS) is 13.7. The fourth-order valence-electron chi connectivity index (χ4n) is 3.69. The molecule has 10 nitrogen and oxygen atoms in total. The number of methoxy groups -OCH3 is 2. The van der Waals surface area contributed by atoms with Crippen LogP contribution in [0.25, 0.3) is 0 Å². The molecule has 3 amide bonds. The van der Waals surface area contributed by atoms with Gasteiger partial charge in [0.2, 0.25) is 5.01 Å². The molecule has 2 aromatic carbocycles. The smallest absolute Gasteiger partial charge is 0.337 e. The summed E-state index contributed by atoms with van der Waals surface area (Å²) in [7, 11) is 2.90. The monoisotopic (exact) mass is 495 g/mol. The van der Waals surface area contributed by atoms with Crippen LogP contribution in [0, 0.1) is 0 Å². The standard InChI is InChI=1S/C24H25N5O5S/c1-33-19-9-7-17(8-10-19)25-20(30)22-28-27-21(35-22)15-11-13-29(14-12-15)24(32)26-18-5-3-16(4-6-18)23(31)34-2/h3-10,15H,11-14H2,1-2H3,(H,25,30)(H,26,32). The molecule has 0 bridgehead atoms. The molecule has 3 aromatic rings. The van der Waals surface area contributed by atoms with Gasteiger partial charge < -0.3 is 25.0 Å². The number of benzene rings is 2. The number of carbonyl (C=O) groups is 3. The van der Waals surface area contributed by atoms with Crippen molar-refractivity contribution < 1.29 is 23.9 Å². The number of urea groups is 1. The van der Waals surface area contributed by atoms with Gasteiger partial charge in [-0.15, -0.1) is 10.2 Å². The van der Waals surface area contributed by atoms with Crippen molar-refractivity contribution in [1.29, 1.82) is 0 Å². The predicted molar refractivity (Wildman–Crippen MR) is 131 cm³/mol. The van der Waals surface area contributed by atoms with Crippen LogP contribution in [0.3, 0.4) is 0 Å². The first kappa shape index (κ1) is 24.1. The molecule has 35 heavy (non-hydrogen) atoms. The Kier molecular flexibility index (Phi) is 7.56. The highest BCUT2D eigenvalue weighted by Crippen LogP contribution is 2.30. The third-order valence-corrected chi connectivity index (χ3v) is 6.76. The summed E-state index contributed by atoms with van der Waals surface area (Å²) < 4.78 is 9.80. The fourth-order valence-corrected chi connectivity index (χ4v) is 4.60. The average molecular weight is 496 g/mol. The molecule has 0 spiro atoms. The van der Waals surface area contributed by atoms with Gasteiger partial charge >= 0.3 is 12.0 Å². The summed E-state index contributed by atoms with van der Waals surface area (Å²) in [6.45, 7) is 1.12. The van der Waals surface area contributed by atoms with Crippen molar-refractivity contribution >= 4 is 40.6 Å². The molecule has 0 aliphatic carbocycles. The lowest BCUT2D eigenvalue weighted by Gasteiger charge is -2.31. The Labute approximate surface area is 206 Å². The number of nitrogens with one attached hydrogen (secondary N) is 2. The molecule has 182 valence electrons. The Hall–Kier alpha value is -3.99. The van der Waals surface area contributed by atoms with E-state index in [9.17, 15) is 14.4 Å². The maximum Gasteiger partial charge on any atom is 0.337 e. The summed E-state index contributed by atoms with van der Waals surface area (Å²) in [5, 5.41) is 15.0. The van der Waals surface area contributed by atoms with Crippen LogP contribution in [0.1, 0.15) is 43.9 Å². The molecule has 0 saturated carbocycles. The lowest BCUT2D eigenvalue weighted by atomic mass is 9.98. The second-order valence-corrected chi connectivity index (χ2v) is 8.90. The molecule has 2 N–H and O–H groups in total. The minimum absolute atomic E-state index is 0.137. The molecule has 0 unspecified atom stereocenters. The van der Waals surface area contributed by atoms with E-state index in [-0.39, 0.29) is 17.9 Å². The van der Waals surface area contributed by atoms with Gasteiger partial charge in [-0.25, -0.2) is 9.59 Å². The van der Waals surface area contributed by atoms with E-state index in [1.165, 1.54) is 18.4 Å². The maximum atomic E-state index is 12.6. The number of piperidine rings is 1. The molecule has 11 heteroatoms. The first-order valence-corrected chi connectivity index (χ1v) is 11.8. The van der Waals surface area contributed by atoms with E-state index in [1.807, 2.05) is 0 Å². The van der Waals surface area contributed by atoms with Crippen LogP contribution in [0.2, 0.25) is 0 Å². The topological polar surface area (TPSA) is 123 Å². The zero-order chi connectivity index (χ0) is 24.8. The average Bonchev–Trinajstić information content (AvgIpc) is 3.40. The lowest BCUT2D eigenvalue weighted by Crippen LogP contribution is -2.40. The number of esters is 1. The van der Waals surface area contributed by atoms with E-state index in [1.54, 1.807) is 60.5 Å². The highest BCUT2D eigenvalue weighted by atomic mass is 32.1. The number of anilines is 2. The third-order valence-electron chi connectivity index (χ3n) is 5.67. The van der Waals surface area contributed by atoms with Gasteiger partial charge in [0.1, 0.15) is 10.8 Å². The number of hydrogen-bond acceptors (Lipinski definition) is 8. The number of amides is 3. The first-order valence-electron chi connectivity index (χ1n) is 11.0. The van der Waals surface area contributed by atoms with Crippen LogP contribution in [0.4, 0.5) is 16.2 Å². The highest BCUT2D eigenvalue weighted by Gasteiger charge is 2.27. The number of carbonyl (C=O) groups excluding carboxylic acids is 3. The Bertz CT molecular complexity index is 1190. The first-order chi connectivity index (χ1) is 17.0. The van der Waals surface area contributed by atoms with Crippen LogP contribution >= 0.6 is 11.3 Å². The Morgan fingerprint density at radius 2 is 1.54 bits per heavy atom. The lowest BCUT2D eigenvalue weighted by molar-refractivity contribution is 0.0600. The Morgan fingerprint density at radius 1 is 0.914 bits per heavy atom. The second-order valence-electron chi connectivity index (χ2n) is 7.89. The van der Waals surface area contributed by atoms with Gasteiger partial charge in [0, 0.05) is 30.4 Å². The van der Waals surface area contributed by atoms with Crippen molar-refractivity contribution in [1.82, 2.24) is 15.1 Å². The van der Waals surface area contributed by atoms with Crippen LogP contribution in [0.5, 0.6) is 5.75 Å². The number of rotatable bonds is 6. The molecule has 1 saturated heterocycles. The largest absolute Gasteiger partial charge is 0.497 e.